The molecule has 0 bridgehead atoms. The van der Waals surface area contributed by atoms with Gasteiger partial charge in [-0.2, -0.15) is 4.98 Å². The van der Waals surface area contributed by atoms with E-state index in [0.717, 1.165) is 15.7 Å². The summed E-state index contributed by atoms with van der Waals surface area (Å²) in [5.74, 6) is 1.09. The lowest BCUT2D eigenvalue weighted by Gasteiger charge is -2.21. The van der Waals surface area contributed by atoms with Gasteiger partial charge in [-0.3, -0.25) is 9.69 Å². The number of rotatable bonds is 5. The third-order valence-electron chi connectivity index (χ3n) is 3.99. The van der Waals surface area contributed by atoms with Crippen LogP contribution in [0.1, 0.15) is 51.0 Å². The Morgan fingerprint density at radius 3 is 2.64 bits per heavy atom. The van der Waals surface area contributed by atoms with E-state index in [1.165, 1.54) is 0 Å². The van der Waals surface area contributed by atoms with Crippen LogP contribution < -0.4 is 5.32 Å². The van der Waals surface area contributed by atoms with Crippen LogP contribution in [-0.4, -0.2) is 34.5 Å². The number of hydrogen-bond donors (Lipinski definition) is 1. The van der Waals surface area contributed by atoms with Crippen LogP contribution in [0.5, 0.6) is 0 Å². The van der Waals surface area contributed by atoms with E-state index in [2.05, 4.69) is 31.4 Å². The average molecular weight is 409 g/mol. The summed E-state index contributed by atoms with van der Waals surface area (Å²) in [4.78, 5) is 18.7. The first kappa shape index (κ1) is 19.6. The molecule has 0 aliphatic rings. The van der Waals surface area contributed by atoms with Crippen molar-refractivity contribution in [1.82, 2.24) is 15.0 Å². The Bertz CT molecular complexity index is 752. The molecule has 136 valence electrons. The van der Waals surface area contributed by atoms with E-state index >= 15 is 0 Å². The minimum atomic E-state index is -0.170. The quantitative estimate of drug-likeness (QED) is 0.806. The van der Waals surface area contributed by atoms with Crippen molar-refractivity contribution in [2.75, 3.05) is 18.9 Å². The van der Waals surface area contributed by atoms with Crippen molar-refractivity contribution >= 4 is 27.5 Å². The van der Waals surface area contributed by atoms with Gasteiger partial charge >= 0.3 is 0 Å². The van der Waals surface area contributed by atoms with Gasteiger partial charge in [-0.15, -0.1) is 0 Å². The van der Waals surface area contributed by atoms with Crippen LogP contribution in [0, 0.1) is 6.92 Å². The highest BCUT2D eigenvalue weighted by Gasteiger charge is 2.25. The molecule has 1 aromatic heterocycles. The highest BCUT2D eigenvalue weighted by Crippen LogP contribution is 2.23. The standard InChI is InChI=1S/C18H25BrN4O2/c1-11-9-13(19)7-8-14(11)20-15(24)10-23(6)12(2)16-21-17(22-25-16)18(3,4)5/h7-9,12H,10H2,1-6H3,(H,20,24)/t12-/m1/s1. The summed E-state index contributed by atoms with van der Waals surface area (Å²) < 4.78 is 6.35. The molecule has 25 heavy (non-hydrogen) atoms. The van der Waals surface area contributed by atoms with Gasteiger partial charge in [-0.25, -0.2) is 0 Å². The van der Waals surface area contributed by atoms with Gasteiger partial charge in [0.25, 0.3) is 0 Å². The zero-order valence-electron chi connectivity index (χ0n) is 15.6. The van der Waals surface area contributed by atoms with Crippen molar-refractivity contribution in [1.29, 1.82) is 0 Å². The molecule has 2 aromatic rings. The van der Waals surface area contributed by atoms with Crippen LogP contribution in [0.25, 0.3) is 0 Å². The van der Waals surface area contributed by atoms with Gasteiger partial charge in [0.05, 0.1) is 12.6 Å². The highest BCUT2D eigenvalue weighted by molar-refractivity contribution is 9.10. The molecule has 1 N–H and O–H groups in total. The second-order valence-electron chi connectivity index (χ2n) is 7.30. The molecule has 0 fully saturated rings. The molecular formula is C18H25BrN4O2. The van der Waals surface area contributed by atoms with Crippen LogP contribution >= 0.6 is 15.9 Å². The van der Waals surface area contributed by atoms with E-state index in [-0.39, 0.29) is 23.9 Å². The molecule has 1 aromatic carbocycles. The van der Waals surface area contributed by atoms with Crippen molar-refractivity contribution in [2.24, 2.45) is 0 Å². The van der Waals surface area contributed by atoms with Crippen molar-refractivity contribution in [3.05, 3.63) is 40.0 Å². The van der Waals surface area contributed by atoms with Crippen molar-refractivity contribution in [3.63, 3.8) is 0 Å². The van der Waals surface area contributed by atoms with Gasteiger partial charge in [0, 0.05) is 15.6 Å². The minimum Gasteiger partial charge on any atom is -0.338 e. The lowest BCUT2D eigenvalue weighted by molar-refractivity contribution is -0.117. The maximum absolute atomic E-state index is 12.3. The van der Waals surface area contributed by atoms with E-state index in [9.17, 15) is 4.79 Å². The largest absolute Gasteiger partial charge is 0.338 e. The number of carbonyl (C=O) groups excluding carboxylic acids is 1. The number of nitrogens with zero attached hydrogens (tertiary/aromatic N) is 3. The van der Waals surface area contributed by atoms with Crippen LogP contribution in [0.2, 0.25) is 0 Å². The predicted octanol–water partition coefficient (Wildman–Crippen LogP) is 4.07. The number of likely N-dealkylation sites (N-methyl/N-ethyl adjacent to an activating group) is 1. The molecule has 0 saturated carbocycles. The maximum Gasteiger partial charge on any atom is 0.243 e. The number of halogens is 1. The molecule has 0 saturated heterocycles. The van der Waals surface area contributed by atoms with E-state index in [4.69, 9.17) is 4.52 Å². The lowest BCUT2D eigenvalue weighted by Crippen LogP contribution is -2.32. The summed E-state index contributed by atoms with van der Waals surface area (Å²) in [6.07, 6.45) is 0. The fourth-order valence-electron chi connectivity index (χ4n) is 2.22. The molecule has 0 aliphatic heterocycles. The van der Waals surface area contributed by atoms with Crippen LogP contribution in [0.4, 0.5) is 5.69 Å². The second kappa shape index (κ2) is 7.66. The summed E-state index contributed by atoms with van der Waals surface area (Å²) in [5.41, 5.74) is 1.64. The summed E-state index contributed by atoms with van der Waals surface area (Å²) in [6, 6.07) is 5.60. The van der Waals surface area contributed by atoms with Gasteiger partial charge < -0.3 is 9.84 Å². The van der Waals surface area contributed by atoms with E-state index in [1.807, 2.05) is 64.8 Å². The fourth-order valence-corrected chi connectivity index (χ4v) is 2.69. The summed E-state index contributed by atoms with van der Waals surface area (Å²) in [7, 11) is 1.86. The molecule has 0 radical (unpaired) electrons. The summed E-state index contributed by atoms with van der Waals surface area (Å²) in [6.45, 7) is 10.2. The SMILES string of the molecule is Cc1cc(Br)ccc1NC(=O)CN(C)[C@H](C)c1nc(C(C)(C)C)no1. The van der Waals surface area contributed by atoms with Gasteiger partial charge in [-0.1, -0.05) is 41.9 Å². The number of carbonyl (C=O) groups is 1. The van der Waals surface area contributed by atoms with Crippen LogP contribution in [0.15, 0.2) is 27.2 Å². The first-order valence-corrected chi connectivity index (χ1v) is 8.97. The lowest BCUT2D eigenvalue weighted by atomic mass is 9.96. The summed E-state index contributed by atoms with van der Waals surface area (Å²) >= 11 is 3.42. The number of benzene rings is 1. The van der Waals surface area contributed by atoms with Crippen LogP contribution in [0.3, 0.4) is 0 Å². The number of amides is 1. The topological polar surface area (TPSA) is 71.3 Å². The first-order chi connectivity index (χ1) is 11.6. The molecular weight excluding hydrogens is 384 g/mol. The molecule has 2 rings (SSSR count). The minimum absolute atomic E-state index is 0.0877. The van der Waals surface area contributed by atoms with E-state index < -0.39 is 0 Å². The van der Waals surface area contributed by atoms with E-state index in [0.29, 0.717) is 11.7 Å². The van der Waals surface area contributed by atoms with Gasteiger partial charge in [0.1, 0.15) is 0 Å². The Kier molecular flexibility index (Phi) is 6.00. The maximum atomic E-state index is 12.3. The van der Waals surface area contributed by atoms with Gasteiger partial charge in [-0.05, 0) is 44.7 Å². The smallest absolute Gasteiger partial charge is 0.243 e. The van der Waals surface area contributed by atoms with Gasteiger partial charge in [0.2, 0.25) is 11.8 Å². The Hall–Kier alpha value is -1.73. The Labute approximate surface area is 157 Å². The number of nitrogens with one attached hydrogen (secondary N) is 1. The molecule has 0 unspecified atom stereocenters. The predicted molar refractivity (Wildman–Crippen MR) is 102 cm³/mol. The zero-order chi connectivity index (χ0) is 18.8. The van der Waals surface area contributed by atoms with Crippen LogP contribution in [-0.2, 0) is 10.2 Å². The van der Waals surface area contributed by atoms with Gasteiger partial charge in [0.15, 0.2) is 5.82 Å². The fraction of sp³-hybridized carbons (Fsp3) is 0.500. The molecule has 1 atom stereocenters. The third kappa shape index (κ3) is 5.12. The molecule has 7 heteroatoms. The zero-order valence-corrected chi connectivity index (χ0v) is 17.1. The molecule has 1 amide bonds. The van der Waals surface area contributed by atoms with Crippen molar-refractivity contribution < 1.29 is 9.32 Å². The van der Waals surface area contributed by atoms with Crippen molar-refractivity contribution in [3.8, 4) is 0 Å². The second-order valence-corrected chi connectivity index (χ2v) is 8.22. The Morgan fingerprint density at radius 1 is 1.40 bits per heavy atom. The van der Waals surface area contributed by atoms with E-state index in [1.54, 1.807) is 0 Å². The normalized spacial score (nSPS) is 13.1. The molecule has 1 heterocycles. The summed E-state index contributed by atoms with van der Waals surface area (Å²) in [5, 5.41) is 6.98. The first-order valence-electron chi connectivity index (χ1n) is 8.18. The molecule has 6 nitrogen and oxygen atoms in total. The number of aryl methyl sites for hydroxylation is 1. The Morgan fingerprint density at radius 2 is 2.08 bits per heavy atom. The van der Waals surface area contributed by atoms with Crippen molar-refractivity contribution in [2.45, 2.75) is 46.1 Å². The number of hydrogen-bond acceptors (Lipinski definition) is 5. The third-order valence-corrected chi connectivity index (χ3v) is 4.48. The number of aromatic nitrogens is 2. The highest BCUT2D eigenvalue weighted by atomic mass is 79.9. The molecule has 0 aliphatic carbocycles. The number of anilines is 1. The average Bonchev–Trinajstić information content (AvgIpc) is 2.99. The Balaban J connectivity index is 1.99. The monoisotopic (exact) mass is 408 g/mol. The molecule has 0 spiro atoms.